The fourth-order valence-electron chi connectivity index (χ4n) is 9.12. The van der Waals surface area contributed by atoms with Gasteiger partial charge in [-0.3, -0.25) is 14.4 Å². The van der Waals surface area contributed by atoms with Crippen LogP contribution in [0.5, 0.6) is 0 Å². The van der Waals surface area contributed by atoms with Crippen molar-refractivity contribution in [2.24, 2.45) is 28.6 Å². The first-order valence-electron chi connectivity index (χ1n) is 16.5. The van der Waals surface area contributed by atoms with Crippen molar-refractivity contribution >= 4 is 29.7 Å². The average molecular weight is 693 g/mol. The minimum atomic E-state index is -2.75. The maximum Gasteiger partial charge on any atom is 0.338 e. The third-order valence-electron chi connectivity index (χ3n) is 11.2. The molecule has 3 aliphatic carbocycles. The van der Waals surface area contributed by atoms with Gasteiger partial charge in [-0.2, -0.15) is 0 Å². The predicted octanol–water partition coefficient (Wildman–Crippen LogP) is 3.21. The van der Waals surface area contributed by atoms with Crippen LogP contribution < -0.4 is 0 Å². The maximum atomic E-state index is 14.5. The third-order valence-corrected chi connectivity index (χ3v) is 11.2. The average Bonchev–Trinajstić information content (AvgIpc) is 3.05. The summed E-state index contributed by atoms with van der Waals surface area (Å²) in [5, 5.41) is 36.8. The van der Waals surface area contributed by atoms with Crippen LogP contribution in [0.1, 0.15) is 68.7 Å². The highest BCUT2D eigenvalue weighted by Gasteiger charge is 2.80. The van der Waals surface area contributed by atoms with Gasteiger partial charge in [0.05, 0.1) is 17.0 Å². The van der Waals surface area contributed by atoms with Gasteiger partial charge in [-0.15, -0.1) is 6.58 Å². The molecule has 0 radical (unpaired) electrons. The lowest BCUT2D eigenvalue weighted by Gasteiger charge is -2.69. The fourth-order valence-corrected chi connectivity index (χ4v) is 9.12. The summed E-state index contributed by atoms with van der Waals surface area (Å²) in [6.07, 6.45) is -6.85. The maximum absolute atomic E-state index is 14.5. The lowest BCUT2D eigenvalue weighted by atomic mass is 9.38. The number of aliphatic hydroxyl groups excluding tert-OH is 1. The lowest BCUT2D eigenvalue weighted by Crippen LogP contribution is -2.83. The van der Waals surface area contributed by atoms with Gasteiger partial charge in [0.2, 0.25) is 0 Å². The van der Waals surface area contributed by atoms with Crippen molar-refractivity contribution in [3.63, 3.8) is 0 Å². The van der Waals surface area contributed by atoms with Gasteiger partial charge in [0, 0.05) is 30.6 Å². The van der Waals surface area contributed by atoms with Crippen molar-refractivity contribution < 1.29 is 58.2 Å². The van der Waals surface area contributed by atoms with Gasteiger partial charge in [-0.25, -0.2) is 9.59 Å². The number of hydrogen-bond acceptors (Lipinski definition) is 12. The van der Waals surface area contributed by atoms with Gasteiger partial charge in [0.1, 0.15) is 36.1 Å². The molecule has 3 fully saturated rings. The number of aliphatic hydroxyl groups is 3. The normalized spacial score (nSPS) is 37.3. The van der Waals surface area contributed by atoms with E-state index in [2.05, 4.69) is 6.58 Å². The lowest BCUT2D eigenvalue weighted by molar-refractivity contribution is -0.321. The molecule has 3 aliphatic rings. The standard InChI is InChI=1S/C38H44O12/c1-8-24-28(49-32(42)22-15-11-9-12-16-22)29-36(6)25(19-26(47-20(2)39)38(29,46)34(44)37(24,7)45)35(4,5)30(27(41)31(36)48-21(3)40)50-33(43)23-17-13-10-14-18-23/h8-18,24-31,41,45-46H,1,19H2,2-7H3/t24-,25-,26-,27+,28+,29+,30+,31-,36-,37+,38-/m0/s1. The first-order valence-corrected chi connectivity index (χ1v) is 16.5. The number of carbonyl (C=O) groups is 5. The van der Waals surface area contributed by atoms with Crippen LogP contribution in [0, 0.1) is 28.6 Å². The molecule has 12 nitrogen and oxygen atoms in total. The summed E-state index contributed by atoms with van der Waals surface area (Å²) in [5.41, 5.74) is -7.74. The number of ether oxygens (including phenoxy) is 4. The van der Waals surface area contributed by atoms with Crippen molar-refractivity contribution in [1.82, 2.24) is 0 Å². The predicted molar refractivity (Wildman–Crippen MR) is 176 cm³/mol. The molecule has 0 bridgehead atoms. The van der Waals surface area contributed by atoms with Gasteiger partial charge >= 0.3 is 23.9 Å². The topological polar surface area (TPSA) is 183 Å². The number of Topliss-reactive ketones (excluding diaryl/α,β-unsaturated/α-hetero) is 1. The van der Waals surface area contributed by atoms with E-state index in [1.54, 1.807) is 57.2 Å². The van der Waals surface area contributed by atoms with Gasteiger partial charge in [-0.1, -0.05) is 63.2 Å². The molecular weight excluding hydrogens is 648 g/mol. The first kappa shape index (κ1) is 36.9. The van der Waals surface area contributed by atoms with Gasteiger partial charge in [0.25, 0.3) is 0 Å². The second kappa shape index (κ2) is 13.1. The van der Waals surface area contributed by atoms with Crippen LogP contribution in [-0.4, -0.2) is 86.7 Å². The van der Waals surface area contributed by atoms with Crippen molar-refractivity contribution in [3.8, 4) is 0 Å². The molecular formula is C38H44O12. The van der Waals surface area contributed by atoms with Crippen LogP contribution in [0.25, 0.3) is 0 Å². The Hall–Kier alpha value is -4.39. The SMILES string of the molecule is C=C[C@H]1[C@@H](OC(=O)c2ccccc2)[C@H]2[C@](O)(C(=O)[C@]1(C)O)[C@@H](OC(C)=O)C[C@H]1C(C)(C)[C@H](OC(=O)c3ccccc3)[C@@H](O)[C@H](OC(C)=O)[C@@]12C. The summed E-state index contributed by atoms with van der Waals surface area (Å²) < 4.78 is 23.7. The van der Waals surface area contributed by atoms with Crippen molar-refractivity contribution in [1.29, 1.82) is 0 Å². The molecule has 0 aromatic heterocycles. The smallest absolute Gasteiger partial charge is 0.338 e. The minimum absolute atomic E-state index is 0.123. The molecule has 268 valence electrons. The number of hydrogen-bond donors (Lipinski definition) is 3. The molecule has 0 heterocycles. The molecule has 2 aromatic rings. The van der Waals surface area contributed by atoms with E-state index in [1.165, 1.54) is 30.3 Å². The van der Waals surface area contributed by atoms with Crippen LogP contribution >= 0.6 is 0 Å². The van der Waals surface area contributed by atoms with E-state index in [-0.39, 0.29) is 17.5 Å². The number of ketones is 1. The largest absolute Gasteiger partial charge is 0.459 e. The van der Waals surface area contributed by atoms with Gasteiger partial charge in [0.15, 0.2) is 11.4 Å². The number of benzene rings is 2. The van der Waals surface area contributed by atoms with Crippen molar-refractivity contribution in [2.45, 2.75) is 89.7 Å². The van der Waals surface area contributed by atoms with Crippen molar-refractivity contribution in [2.75, 3.05) is 0 Å². The summed E-state index contributed by atoms with van der Waals surface area (Å²) >= 11 is 0. The Balaban J connectivity index is 1.76. The number of rotatable bonds is 7. The van der Waals surface area contributed by atoms with Crippen LogP contribution in [0.15, 0.2) is 73.3 Å². The van der Waals surface area contributed by atoms with Crippen LogP contribution in [0.4, 0.5) is 0 Å². The second-order valence-electron chi connectivity index (χ2n) is 14.6. The Bertz CT molecular complexity index is 1670. The molecule has 0 saturated heterocycles. The molecule has 0 spiro atoms. The molecule has 12 heteroatoms. The van der Waals surface area contributed by atoms with E-state index in [9.17, 15) is 39.3 Å². The molecule has 0 unspecified atom stereocenters. The molecule has 50 heavy (non-hydrogen) atoms. The van der Waals surface area contributed by atoms with Crippen LogP contribution in [-0.2, 0) is 33.3 Å². The van der Waals surface area contributed by atoms with E-state index in [0.29, 0.717) is 0 Å². The summed E-state index contributed by atoms with van der Waals surface area (Å²) in [6, 6.07) is 16.0. The Morgan fingerprint density at radius 3 is 1.76 bits per heavy atom. The molecule has 3 N–H and O–H groups in total. The summed E-state index contributed by atoms with van der Waals surface area (Å²) in [4.78, 5) is 67.1. The molecule has 5 rings (SSSR count). The molecule has 2 aromatic carbocycles. The van der Waals surface area contributed by atoms with E-state index in [4.69, 9.17) is 18.9 Å². The summed E-state index contributed by atoms with van der Waals surface area (Å²) in [5.74, 6) is -8.24. The summed E-state index contributed by atoms with van der Waals surface area (Å²) in [7, 11) is 0. The van der Waals surface area contributed by atoms with E-state index < -0.39 is 100.0 Å². The van der Waals surface area contributed by atoms with Gasteiger partial charge in [-0.05, 0) is 43.5 Å². The molecule has 3 saturated carbocycles. The highest BCUT2D eigenvalue weighted by molar-refractivity contribution is 5.98. The molecule has 0 aliphatic heterocycles. The van der Waals surface area contributed by atoms with Crippen LogP contribution in [0.2, 0.25) is 0 Å². The Labute approximate surface area is 290 Å². The molecule has 11 atom stereocenters. The minimum Gasteiger partial charge on any atom is -0.459 e. The number of carbonyl (C=O) groups excluding carboxylic acids is 5. The highest BCUT2D eigenvalue weighted by Crippen LogP contribution is 2.67. The number of esters is 4. The monoisotopic (exact) mass is 692 g/mol. The van der Waals surface area contributed by atoms with E-state index >= 15 is 0 Å². The number of fused-ring (bicyclic) bond motifs is 3. The zero-order valence-electron chi connectivity index (χ0n) is 28.9. The summed E-state index contributed by atoms with van der Waals surface area (Å²) in [6.45, 7) is 12.2. The fraction of sp³-hybridized carbons (Fsp3) is 0.500. The van der Waals surface area contributed by atoms with Crippen molar-refractivity contribution in [3.05, 3.63) is 84.4 Å². The zero-order chi connectivity index (χ0) is 37.0. The quantitative estimate of drug-likeness (QED) is 0.219. The Kier molecular flexibility index (Phi) is 9.63. The van der Waals surface area contributed by atoms with E-state index in [0.717, 1.165) is 20.8 Å². The Morgan fingerprint density at radius 1 is 0.780 bits per heavy atom. The van der Waals surface area contributed by atoms with Gasteiger partial charge < -0.3 is 34.3 Å². The molecule has 0 amide bonds. The highest BCUT2D eigenvalue weighted by atomic mass is 16.6. The van der Waals surface area contributed by atoms with E-state index in [1.807, 2.05) is 0 Å². The zero-order valence-corrected chi connectivity index (χ0v) is 28.9. The Morgan fingerprint density at radius 2 is 1.28 bits per heavy atom. The van der Waals surface area contributed by atoms with Crippen LogP contribution in [0.3, 0.4) is 0 Å². The first-order chi connectivity index (χ1) is 23.3. The third kappa shape index (κ3) is 5.72. The second-order valence-corrected chi connectivity index (χ2v) is 14.6.